The summed E-state index contributed by atoms with van der Waals surface area (Å²) in [7, 11) is 0. The summed E-state index contributed by atoms with van der Waals surface area (Å²) in [4.78, 5) is 38.6. The second-order valence-corrected chi connectivity index (χ2v) is 19.9. The average molecular weight is 1070 g/mol. The number of hydrogen-bond donors (Lipinski definition) is 0. The molecule has 3 aromatic rings. The molecule has 77 heavy (non-hydrogen) atoms. The van der Waals surface area contributed by atoms with Gasteiger partial charge in [0, 0.05) is 23.3 Å². The lowest BCUT2D eigenvalue weighted by Gasteiger charge is -2.19. The second-order valence-electron chi connectivity index (χ2n) is 19.9. The lowest BCUT2D eigenvalue weighted by atomic mass is 10.1. The highest BCUT2D eigenvalue weighted by molar-refractivity contribution is 5.90. The Morgan fingerprint density at radius 1 is 0.377 bits per heavy atom. The molecule has 12 heteroatoms. The van der Waals surface area contributed by atoms with Gasteiger partial charge >= 0.3 is 17.9 Å². The molecule has 0 amide bonds. The fourth-order valence-electron chi connectivity index (χ4n) is 8.12. The molecule has 0 bridgehead atoms. The van der Waals surface area contributed by atoms with Crippen LogP contribution in [0.4, 0.5) is 0 Å². The SMILES string of the molecule is CCCCCCOc1ccc(/C=C/C(=O)Oc2ccc(OC(=O)/C=C/c3ccc(OCCCCCCOC(=O)C(C)CC)c(OCCCCCC)c3OCCCCCC)cc2)c(OCCCCCC)c1OCCCCCC. The van der Waals surface area contributed by atoms with Crippen LogP contribution in [-0.4, -0.2) is 64.2 Å². The van der Waals surface area contributed by atoms with Gasteiger partial charge in [0.05, 0.1) is 52.2 Å². The Morgan fingerprint density at radius 3 is 1.03 bits per heavy atom. The first-order valence-corrected chi connectivity index (χ1v) is 29.9. The van der Waals surface area contributed by atoms with E-state index in [-0.39, 0.29) is 23.4 Å². The molecule has 0 aliphatic carbocycles. The minimum absolute atomic E-state index is 0.0743. The summed E-state index contributed by atoms with van der Waals surface area (Å²) in [5, 5.41) is 0. The van der Waals surface area contributed by atoms with E-state index in [4.69, 9.17) is 42.6 Å². The molecule has 0 spiro atoms. The van der Waals surface area contributed by atoms with E-state index in [1.807, 2.05) is 38.1 Å². The molecule has 0 heterocycles. The molecule has 1 atom stereocenters. The van der Waals surface area contributed by atoms with Crippen LogP contribution in [-0.2, 0) is 19.1 Å². The van der Waals surface area contributed by atoms with E-state index in [1.165, 1.54) is 12.2 Å². The summed E-state index contributed by atoms with van der Waals surface area (Å²) < 4.78 is 55.2. The predicted molar refractivity (Wildman–Crippen MR) is 311 cm³/mol. The van der Waals surface area contributed by atoms with E-state index in [0.717, 1.165) is 161 Å². The normalized spacial score (nSPS) is 11.7. The summed E-state index contributed by atoms with van der Waals surface area (Å²) in [6.07, 6.45) is 31.6. The molecular weight excluding hydrogens is 973 g/mol. The van der Waals surface area contributed by atoms with Crippen molar-refractivity contribution in [2.45, 2.75) is 209 Å². The summed E-state index contributed by atoms with van der Waals surface area (Å²) in [6, 6.07) is 13.9. The van der Waals surface area contributed by atoms with Gasteiger partial charge in [-0.15, -0.1) is 0 Å². The van der Waals surface area contributed by atoms with Crippen molar-refractivity contribution >= 4 is 30.1 Å². The van der Waals surface area contributed by atoms with E-state index in [1.54, 1.807) is 36.4 Å². The van der Waals surface area contributed by atoms with Gasteiger partial charge in [0.1, 0.15) is 11.5 Å². The Kier molecular flexibility index (Phi) is 36.1. The van der Waals surface area contributed by atoms with Crippen LogP contribution in [0.1, 0.15) is 220 Å². The molecule has 12 nitrogen and oxygen atoms in total. The number of benzene rings is 3. The molecular formula is C65H98O12. The predicted octanol–water partition coefficient (Wildman–Crippen LogP) is 17.2. The maximum Gasteiger partial charge on any atom is 0.336 e. The number of ether oxygens (including phenoxy) is 9. The maximum atomic E-state index is 13.3. The van der Waals surface area contributed by atoms with Crippen molar-refractivity contribution in [1.29, 1.82) is 0 Å². The molecule has 3 aromatic carbocycles. The van der Waals surface area contributed by atoms with Crippen LogP contribution in [0.2, 0.25) is 0 Å². The third-order valence-electron chi connectivity index (χ3n) is 13.1. The van der Waals surface area contributed by atoms with Crippen LogP contribution in [0, 0.1) is 5.92 Å². The van der Waals surface area contributed by atoms with Crippen molar-refractivity contribution in [2.24, 2.45) is 5.92 Å². The molecule has 0 aliphatic heterocycles. The van der Waals surface area contributed by atoms with E-state index in [0.29, 0.717) is 91.9 Å². The molecule has 0 saturated carbocycles. The van der Waals surface area contributed by atoms with Crippen molar-refractivity contribution in [2.75, 3.05) is 46.2 Å². The maximum absolute atomic E-state index is 13.3. The van der Waals surface area contributed by atoms with Crippen LogP contribution in [0.25, 0.3) is 12.2 Å². The smallest absolute Gasteiger partial charge is 0.336 e. The highest BCUT2D eigenvalue weighted by Crippen LogP contribution is 2.43. The van der Waals surface area contributed by atoms with E-state index < -0.39 is 11.9 Å². The number of esters is 3. The van der Waals surface area contributed by atoms with E-state index >= 15 is 0 Å². The van der Waals surface area contributed by atoms with Crippen LogP contribution in [0.15, 0.2) is 60.7 Å². The van der Waals surface area contributed by atoms with Gasteiger partial charge in [0.15, 0.2) is 23.0 Å². The van der Waals surface area contributed by atoms with Crippen LogP contribution in [0.3, 0.4) is 0 Å². The largest absolute Gasteiger partial charge is 0.490 e. The van der Waals surface area contributed by atoms with Gasteiger partial charge < -0.3 is 42.6 Å². The quantitative estimate of drug-likeness (QED) is 0.0231. The number of unbranched alkanes of at least 4 members (excludes halogenated alkanes) is 18. The Morgan fingerprint density at radius 2 is 0.688 bits per heavy atom. The molecule has 0 radical (unpaired) electrons. The number of carbonyl (C=O) groups is 3. The zero-order valence-electron chi connectivity index (χ0n) is 48.5. The monoisotopic (exact) mass is 1070 g/mol. The van der Waals surface area contributed by atoms with Crippen LogP contribution in [0.5, 0.6) is 46.0 Å². The van der Waals surface area contributed by atoms with Crippen molar-refractivity contribution in [3.8, 4) is 46.0 Å². The summed E-state index contributed by atoms with van der Waals surface area (Å²) in [5.74, 6) is 2.61. The molecule has 0 N–H and O–H groups in total. The van der Waals surface area contributed by atoms with Crippen molar-refractivity contribution in [1.82, 2.24) is 0 Å². The average Bonchev–Trinajstić information content (AvgIpc) is 3.43. The van der Waals surface area contributed by atoms with Gasteiger partial charge in [-0.2, -0.15) is 0 Å². The highest BCUT2D eigenvalue weighted by Gasteiger charge is 2.20. The Labute approximate surface area is 464 Å². The Hall–Kier alpha value is -5.65. The van der Waals surface area contributed by atoms with Gasteiger partial charge in [-0.1, -0.05) is 145 Å². The van der Waals surface area contributed by atoms with Crippen molar-refractivity contribution in [3.63, 3.8) is 0 Å². The first-order chi connectivity index (χ1) is 37.7. The lowest BCUT2D eigenvalue weighted by molar-refractivity contribution is -0.148. The zero-order chi connectivity index (χ0) is 55.6. The summed E-state index contributed by atoms with van der Waals surface area (Å²) in [6.45, 7) is 18.3. The topological polar surface area (TPSA) is 134 Å². The fraction of sp³-hybridized carbons (Fsp3) is 0.615. The minimum atomic E-state index is -0.593. The van der Waals surface area contributed by atoms with E-state index in [2.05, 4.69) is 34.6 Å². The fourth-order valence-corrected chi connectivity index (χ4v) is 8.12. The minimum Gasteiger partial charge on any atom is -0.490 e. The Balaban J connectivity index is 1.75. The first kappa shape index (κ1) is 65.6. The molecule has 3 rings (SSSR count). The molecule has 0 aromatic heterocycles. The molecule has 430 valence electrons. The van der Waals surface area contributed by atoms with Gasteiger partial charge in [0.25, 0.3) is 0 Å². The lowest BCUT2D eigenvalue weighted by Crippen LogP contribution is -2.14. The van der Waals surface area contributed by atoms with E-state index in [9.17, 15) is 14.4 Å². The van der Waals surface area contributed by atoms with Gasteiger partial charge in [-0.05, 0) is 125 Å². The standard InChI is InChI=1S/C65H98O12/c1-8-14-19-26-45-69-57-41-33-53(61(71-47-27-20-15-9-2)63(57)73-49-29-22-17-11-4)35-43-59(66)76-55-37-39-56(40-38-55)77-60(67)44-36-54-34-42-58(70-46-31-24-25-32-51-75-65(68)52(7)13-6)64(74-50-30-23-18-12-5)62(54)72-48-28-21-16-10-3/h33-44,52H,8-32,45-51H2,1-7H3/b43-35+,44-36+. The van der Waals surface area contributed by atoms with Crippen molar-refractivity contribution < 1.29 is 57.0 Å². The van der Waals surface area contributed by atoms with Crippen LogP contribution >= 0.6 is 0 Å². The molecule has 0 fully saturated rings. The third kappa shape index (κ3) is 28.0. The summed E-state index contributed by atoms with van der Waals surface area (Å²) in [5.41, 5.74) is 1.35. The molecule has 0 aliphatic rings. The summed E-state index contributed by atoms with van der Waals surface area (Å²) >= 11 is 0. The van der Waals surface area contributed by atoms with Crippen molar-refractivity contribution in [3.05, 3.63) is 71.8 Å². The Bertz CT molecular complexity index is 2110. The van der Waals surface area contributed by atoms with Gasteiger partial charge in [0.2, 0.25) is 11.5 Å². The van der Waals surface area contributed by atoms with Crippen LogP contribution < -0.4 is 37.9 Å². The first-order valence-electron chi connectivity index (χ1n) is 29.9. The number of hydrogen-bond acceptors (Lipinski definition) is 12. The van der Waals surface area contributed by atoms with Gasteiger partial charge in [-0.3, -0.25) is 4.79 Å². The number of rotatable bonds is 46. The zero-order valence-corrected chi connectivity index (χ0v) is 48.5. The number of carbonyl (C=O) groups excluding carboxylic acids is 3. The molecule has 0 saturated heterocycles. The molecule has 1 unspecified atom stereocenters. The van der Waals surface area contributed by atoms with Gasteiger partial charge in [-0.25, -0.2) is 9.59 Å². The second kappa shape index (κ2) is 42.4. The third-order valence-corrected chi connectivity index (χ3v) is 13.1. The highest BCUT2D eigenvalue weighted by atomic mass is 16.6.